The molecule has 3 atom stereocenters. The van der Waals surface area contributed by atoms with E-state index in [1.54, 1.807) is 24.3 Å². The molecule has 2 aromatic rings. The van der Waals surface area contributed by atoms with Gasteiger partial charge in [-0.05, 0) is 49.1 Å². The number of nitrogens with one attached hydrogen (secondary N) is 2. The summed E-state index contributed by atoms with van der Waals surface area (Å²) in [4.78, 5) is 24.9. The van der Waals surface area contributed by atoms with Crippen molar-refractivity contribution < 1.29 is 9.53 Å². The fourth-order valence-electron chi connectivity index (χ4n) is 4.35. The first-order valence-electron chi connectivity index (χ1n) is 9.60. The number of hydrogen-bond acceptors (Lipinski definition) is 4. The average molecular weight is 402 g/mol. The van der Waals surface area contributed by atoms with Gasteiger partial charge in [0.1, 0.15) is 5.75 Å². The van der Waals surface area contributed by atoms with Gasteiger partial charge in [-0.15, -0.1) is 0 Å². The number of pyridine rings is 1. The van der Waals surface area contributed by atoms with E-state index in [0.29, 0.717) is 29.2 Å². The summed E-state index contributed by atoms with van der Waals surface area (Å²) in [7, 11) is 0. The minimum atomic E-state index is -0.203. The summed E-state index contributed by atoms with van der Waals surface area (Å²) >= 11 is 5.94. The van der Waals surface area contributed by atoms with Gasteiger partial charge in [-0.25, -0.2) is 0 Å². The number of ether oxygens (including phenoxy) is 1. The number of aromatic nitrogens is 1. The second-order valence-corrected chi connectivity index (χ2v) is 8.02. The molecule has 2 N–H and O–H groups in total. The van der Waals surface area contributed by atoms with Crippen LogP contribution in [0.3, 0.4) is 0 Å². The summed E-state index contributed by atoms with van der Waals surface area (Å²) in [6, 6.07) is 10.7. The van der Waals surface area contributed by atoms with Crippen LogP contribution in [0.1, 0.15) is 29.6 Å². The second kappa shape index (κ2) is 7.97. The van der Waals surface area contributed by atoms with Crippen molar-refractivity contribution in [3.05, 3.63) is 63.0 Å². The fraction of sp³-hybridized carbons (Fsp3) is 0.429. The molecule has 3 heterocycles. The lowest BCUT2D eigenvalue weighted by Crippen LogP contribution is -2.50. The highest BCUT2D eigenvalue weighted by Crippen LogP contribution is 2.38. The van der Waals surface area contributed by atoms with E-state index in [0.717, 1.165) is 30.8 Å². The van der Waals surface area contributed by atoms with Crippen molar-refractivity contribution >= 4 is 17.5 Å². The summed E-state index contributed by atoms with van der Waals surface area (Å²) in [6.45, 7) is 3.98. The fourth-order valence-corrected chi connectivity index (χ4v) is 4.58. The number of nitrogens with zero attached hydrogens (tertiary/aromatic N) is 1. The first-order valence-corrected chi connectivity index (χ1v) is 9.98. The van der Waals surface area contributed by atoms with Crippen LogP contribution in [0.2, 0.25) is 5.02 Å². The van der Waals surface area contributed by atoms with Crippen molar-refractivity contribution in [2.24, 2.45) is 5.92 Å². The van der Waals surface area contributed by atoms with E-state index in [2.05, 4.69) is 10.6 Å². The Kier molecular flexibility index (Phi) is 5.42. The van der Waals surface area contributed by atoms with E-state index >= 15 is 0 Å². The molecule has 1 fully saturated rings. The van der Waals surface area contributed by atoms with Gasteiger partial charge in [-0.2, -0.15) is 0 Å². The van der Waals surface area contributed by atoms with Gasteiger partial charge in [0, 0.05) is 42.3 Å². The molecule has 0 aliphatic carbocycles. The molecule has 2 bridgehead atoms. The van der Waals surface area contributed by atoms with Gasteiger partial charge >= 0.3 is 0 Å². The van der Waals surface area contributed by atoms with Gasteiger partial charge < -0.3 is 19.9 Å². The number of carbonyl (C=O) groups excluding carboxylic acids is 1. The number of piperidine rings is 1. The molecule has 2 aliphatic heterocycles. The number of amides is 1. The van der Waals surface area contributed by atoms with Crippen LogP contribution in [-0.2, 0) is 4.79 Å². The van der Waals surface area contributed by atoms with Gasteiger partial charge in [0.15, 0.2) is 6.61 Å². The predicted molar refractivity (Wildman–Crippen MR) is 108 cm³/mol. The van der Waals surface area contributed by atoms with E-state index in [1.165, 1.54) is 0 Å². The van der Waals surface area contributed by atoms with Gasteiger partial charge in [0.05, 0.1) is 6.04 Å². The zero-order valence-electron chi connectivity index (χ0n) is 15.8. The van der Waals surface area contributed by atoms with Gasteiger partial charge in [-0.3, -0.25) is 9.59 Å². The molecule has 1 aromatic carbocycles. The smallest absolute Gasteiger partial charge is 0.258 e. The lowest BCUT2D eigenvalue weighted by Gasteiger charge is -2.43. The first-order chi connectivity index (χ1) is 13.5. The van der Waals surface area contributed by atoms with Gasteiger partial charge in [0.25, 0.3) is 11.5 Å². The van der Waals surface area contributed by atoms with Crippen molar-refractivity contribution in [3.63, 3.8) is 0 Å². The van der Waals surface area contributed by atoms with Crippen LogP contribution in [0.15, 0.2) is 41.2 Å². The molecular weight excluding hydrogens is 378 g/mol. The van der Waals surface area contributed by atoms with Crippen LogP contribution < -0.4 is 20.9 Å². The first kappa shape index (κ1) is 19.0. The van der Waals surface area contributed by atoms with Crippen LogP contribution >= 0.6 is 11.6 Å². The van der Waals surface area contributed by atoms with Crippen LogP contribution in [0.25, 0.3) is 0 Å². The average Bonchev–Trinajstić information content (AvgIpc) is 2.68. The number of rotatable bonds is 5. The Balaban J connectivity index is 1.42. The van der Waals surface area contributed by atoms with Crippen molar-refractivity contribution in [1.82, 2.24) is 15.2 Å². The maximum Gasteiger partial charge on any atom is 0.258 e. The third kappa shape index (κ3) is 3.80. The maximum absolute atomic E-state index is 12.5. The molecule has 1 aromatic heterocycles. The van der Waals surface area contributed by atoms with Crippen molar-refractivity contribution in [2.75, 3.05) is 26.2 Å². The summed E-state index contributed by atoms with van der Waals surface area (Å²) in [5.41, 5.74) is 1.94. The van der Waals surface area contributed by atoms with Crippen molar-refractivity contribution in [3.8, 4) is 5.75 Å². The highest BCUT2D eigenvalue weighted by Gasteiger charge is 2.37. The third-order valence-electron chi connectivity index (χ3n) is 5.70. The van der Waals surface area contributed by atoms with E-state index in [-0.39, 0.29) is 24.1 Å². The minimum absolute atomic E-state index is 0.00129. The lowest BCUT2D eigenvalue weighted by atomic mass is 9.79. The summed E-state index contributed by atoms with van der Waals surface area (Å²) < 4.78 is 7.50. The highest BCUT2D eigenvalue weighted by molar-refractivity contribution is 6.30. The van der Waals surface area contributed by atoms with Crippen molar-refractivity contribution in [2.45, 2.75) is 25.3 Å². The molecule has 148 valence electrons. The Hall–Kier alpha value is -2.31. The molecule has 0 unspecified atom stereocenters. The molecule has 6 nitrogen and oxygen atoms in total. The zero-order chi connectivity index (χ0) is 19.7. The Morgan fingerprint density at radius 1 is 1.32 bits per heavy atom. The number of fused-ring (bicyclic) bond motifs is 4. The molecule has 0 saturated carbocycles. The lowest BCUT2D eigenvalue weighted by molar-refractivity contribution is -0.123. The molecule has 0 spiro atoms. The Bertz CT molecular complexity index is 943. The molecule has 28 heavy (non-hydrogen) atoms. The van der Waals surface area contributed by atoms with E-state index in [1.807, 2.05) is 23.6 Å². The van der Waals surface area contributed by atoms with Gasteiger partial charge in [0.2, 0.25) is 0 Å². The standard InChI is InChI=1S/C21H24ClN3O3/c1-13-7-16(22)5-6-19(13)28-12-20(26)24-11-18-15-8-14(9-23-10-15)17-3-2-4-21(27)25(17)18/h2-7,14-15,18,23H,8-12H2,1H3,(H,24,26)/t14-,15+,18+/m1/s1. The van der Waals surface area contributed by atoms with Crippen LogP contribution in [-0.4, -0.2) is 36.7 Å². The second-order valence-electron chi connectivity index (χ2n) is 7.58. The predicted octanol–water partition coefficient (Wildman–Crippen LogP) is 2.25. The molecule has 0 radical (unpaired) electrons. The number of carbonyl (C=O) groups is 1. The molecule has 7 heteroatoms. The van der Waals surface area contributed by atoms with Gasteiger partial charge in [-0.1, -0.05) is 17.7 Å². The van der Waals surface area contributed by atoms with E-state index in [9.17, 15) is 9.59 Å². The zero-order valence-corrected chi connectivity index (χ0v) is 16.5. The van der Waals surface area contributed by atoms with Crippen LogP contribution in [0, 0.1) is 12.8 Å². The molecule has 1 amide bonds. The minimum Gasteiger partial charge on any atom is -0.484 e. The van der Waals surface area contributed by atoms with Crippen LogP contribution in [0.4, 0.5) is 0 Å². The molecular formula is C21H24ClN3O3. The number of aryl methyl sites for hydroxylation is 1. The topological polar surface area (TPSA) is 72.4 Å². The van der Waals surface area contributed by atoms with Crippen LogP contribution in [0.5, 0.6) is 5.75 Å². The maximum atomic E-state index is 12.5. The Morgan fingerprint density at radius 3 is 3.00 bits per heavy atom. The number of halogens is 1. The Labute approximate surface area is 168 Å². The monoisotopic (exact) mass is 401 g/mol. The summed E-state index contributed by atoms with van der Waals surface area (Å²) in [5, 5.41) is 7.04. The third-order valence-corrected chi connectivity index (χ3v) is 5.94. The largest absolute Gasteiger partial charge is 0.484 e. The summed E-state index contributed by atoms with van der Waals surface area (Å²) in [5.74, 6) is 1.12. The Morgan fingerprint density at radius 2 is 2.18 bits per heavy atom. The summed E-state index contributed by atoms with van der Waals surface area (Å²) in [6.07, 6.45) is 1.04. The van der Waals surface area contributed by atoms with E-state index < -0.39 is 0 Å². The SMILES string of the molecule is Cc1cc(Cl)ccc1OCC(=O)NC[C@H]1[C@@H]2CNC[C@@H](C2)c2cccc(=O)n21. The van der Waals surface area contributed by atoms with E-state index in [4.69, 9.17) is 16.3 Å². The quantitative estimate of drug-likeness (QED) is 0.806. The number of benzene rings is 1. The molecule has 1 saturated heterocycles. The highest BCUT2D eigenvalue weighted by atomic mass is 35.5. The number of hydrogen-bond donors (Lipinski definition) is 2. The van der Waals surface area contributed by atoms with Crippen molar-refractivity contribution in [1.29, 1.82) is 0 Å². The molecule has 4 rings (SSSR count). The molecule has 2 aliphatic rings. The normalized spacial score (nSPS) is 23.0.